The quantitative estimate of drug-likeness (QED) is 0.604. The minimum absolute atomic E-state index is 0.101. The lowest BCUT2D eigenvalue weighted by atomic mass is 10.1. The van der Waals surface area contributed by atoms with Crippen molar-refractivity contribution in [1.82, 2.24) is 10.3 Å². The number of aromatic nitrogens is 1. The number of urea groups is 1. The summed E-state index contributed by atoms with van der Waals surface area (Å²) in [7, 11) is 0. The number of pyridine rings is 1. The fourth-order valence-corrected chi connectivity index (χ4v) is 2.61. The van der Waals surface area contributed by atoms with Crippen LogP contribution in [0, 0.1) is 0 Å². The Balaban J connectivity index is 1.58. The molecule has 3 aromatic rings. The summed E-state index contributed by atoms with van der Waals surface area (Å²) in [5.74, 6) is 0.879. The van der Waals surface area contributed by atoms with Crippen molar-refractivity contribution < 1.29 is 14.3 Å². The summed E-state index contributed by atoms with van der Waals surface area (Å²) >= 11 is 6.19. The van der Waals surface area contributed by atoms with Crippen molar-refractivity contribution in [3.63, 3.8) is 0 Å². The van der Waals surface area contributed by atoms with Crippen LogP contribution in [0.5, 0.6) is 11.5 Å². The Hall–Kier alpha value is -3.58. The van der Waals surface area contributed by atoms with Crippen molar-refractivity contribution in [2.24, 2.45) is 0 Å². The number of rotatable bonds is 5. The van der Waals surface area contributed by atoms with E-state index in [1.54, 1.807) is 30.3 Å². The SMILES string of the molecule is Nc1cc(Oc2ccc(NC(=O)NC(=O)Cc3ccccc3)c(Cl)c2)ccn1. The molecule has 4 N–H and O–H groups in total. The molecule has 3 amide bonds. The van der Waals surface area contributed by atoms with E-state index < -0.39 is 11.9 Å². The molecule has 0 spiro atoms. The zero-order valence-electron chi connectivity index (χ0n) is 14.7. The molecule has 3 rings (SSSR count). The third-order valence-electron chi connectivity index (χ3n) is 3.64. The first-order chi connectivity index (χ1) is 13.5. The Labute approximate surface area is 166 Å². The van der Waals surface area contributed by atoms with Crippen LogP contribution in [0.15, 0.2) is 66.9 Å². The van der Waals surface area contributed by atoms with E-state index in [-0.39, 0.29) is 11.4 Å². The van der Waals surface area contributed by atoms with Crippen LogP contribution in [0.25, 0.3) is 0 Å². The van der Waals surface area contributed by atoms with E-state index >= 15 is 0 Å². The van der Waals surface area contributed by atoms with Gasteiger partial charge in [0.2, 0.25) is 5.91 Å². The van der Waals surface area contributed by atoms with Gasteiger partial charge in [0.25, 0.3) is 0 Å². The second-order valence-corrected chi connectivity index (χ2v) is 6.23. The number of ether oxygens (including phenoxy) is 1. The minimum Gasteiger partial charge on any atom is -0.457 e. The third-order valence-corrected chi connectivity index (χ3v) is 3.95. The second-order valence-electron chi connectivity index (χ2n) is 5.82. The number of amides is 3. The van der Waals surface area contributed by atoms with E-state index in [1.165, 1.54) is 6.20 Å². The Kier molecular flexibility index (Phi) is 6.08. The molecule has 0 bridgehead atoms. The zero-order chi connectivity index (χ0) is 19.9. The number of carbonyl (C=O) groups excluding carboxylic acids is 2. The Morgan fingerprint density at radius 2 is 1.79 bits per heavy atom. The molecule has 0 aliphatic carbocycles. The third kappa shape index (κ3) is 5.46. The van der Waals surface area contributed by atoms with Gasteiger partial charge in [0.05, 0.1) is 17.1 Å². The van der Waals surface area contributed by atoms with Gasteiger partial charge in [0.1, 0.15) is 17.3 Å². The summed E-state index contributed by atoms with van der Waals surface area (Å²) in [6, 6.07) is 16.4. The molecule has 0 unspecified atom stereocenters. The first-order valence-corrected chi connectivity index (χ1v) is 8.71. The number of nitrogen functional groups attached to an aromatic ring is 1. The molecule has 0 saturated heterocycles. The van der Waals surface area contributed by atoms with E-state index in [1.807, 2.05) is 30.3 Å². The molecule has 0 fully saturated rings. The maximum absolute atomic E-state index is 12.0. The number of nitrogens with two attached hydrogens (primary N) is 1. The van der Waals surface area contributed by atoms with Gasteiger partial charge < -0.3 is 15.8 Å². The summed E-state index contributed by atoms with van der Waals surface area (Å²) < 4.78 is 5.64. The van der Waals surface area contributed by atoms with Crippen molar-refractivity contribution in [3.05, 3.63) is 77.4 Å². The number of hydrogen-bond donors (Lipinski definition) is 3. The summed E-state index contributed by atoms with van der Waals surface area (Å²) in [5, 5.41) is 5.06. The Morgan fingerprint density at radius 3 is 2.50 bits per heavy atom. The lowest BCUT2D eigenvalue weighted by Crippen LogP contribution is -2.35. The first kappa shape index (κ1) is 19.2. The van der Waals surface area contributed by atoms with Gasteiger partial charge in [-0.1, -0.05) is 41.9 Å². The van der Waals surface area contributed by atoms with Gasteiger partial charge in [0, 0.05) is 18.3 Å². The molecule has 0 atom stereocenters. The Bertz CT molecular complexity index is 996. The first-order valence-electron chi connectivity index (χ1n) is 8.33. The largest absolute Gasteiger partial charge is 0.457 e. The molecule has 1 heterocycles. The zero-order valence-corrected chi connectivity index (χ0v) is 15.4. The molecule has 0 saturated carbocycles. The van der Waals surface area contributed by atoms with Crippen molar-refractivity contribution in [2.45, 2.75) is 6.42 Å². The standard InChI is InChI=1S/C20H17ClN4O3/c21-16-11-14(28-15-8-9-23-18(22)12-15)6-7-17(16)24-20(27)25-19(26)10-13-4-2-1-3-5-13/h1-9,11-12H,10H2,(H2,22,23)(H2,24,25,26,27). The maximum atomic E-state index is 12.0. The molecular weight excluding hydrogens is 380 g/mol. The highest BCUT2D eigenvalue weighted by atomic mass is 35.5. The summed E-state index contributed by atoms with van der Waals surface area (Å²) in [6.07, 6.45) is 1.63. The van der Waals surface area contributed by atoms with Gasteiger partial charge in [-0.2, -0.15) is 0 Å². The second kappa shape index (κ2) is 8.88. The molecule has 142 valence electrons. The summed E-state index contributed by atoms with van der Waals surface area (Å²) in [6.45, 7) is 0. The number of nitrogens with zero attached hydrogens (tertiary/aromatic N) is 1. The molecule has 2 aromatic carbocycles. The van der Waals surface area contributed by atoms with Crippen LogP contribution < -0.4 is 21.1 Å². The highest BCUT2D eigenvalue weighted by Gasteiger charge is 2.11. The van der Waals surface area contributed by atoms with Crippen LogP contribution in [0.3, 0.4) is 0 Å². The monoisotopic (exact) mass is 396 g/mol. The van der Waals surface area contributed by atoms with Crippen molar-refractivity contribution in [3.8, 4) is 11.5 Å². The molecule has 0 radical (unpaired) electrons. The molecule has 1 aromatic heterocycles. The number of imide groups is 1. The fraction of sp³-hybridized carbons (Fsp3) is 0.0500. The van der Waals surface area contributed by atoms with Crippen LogP contribution in [-0.4, -0.2) is 16.9 Å². The van der Waals surface area contributed by atoms with Gasteiger partial charge >= 0.3 is 6.03 Å². The van der Waals surface area contributed by atoms with Crippen molar-refractivity contribution in [1.29, 1.82) is 0 Å². The highest BCUT2D eigenvalue weighted by molar-refractivity contribution is 6.33. The number of hydrogen-bond acceptors (Lipinski definition) is 5. The molecule has 7 nitrogen and oxygen atoms in total. The van der Waals surface area contributed by atoms with Crippen LogP contribution in [0.1, 0.15) is 5.56 Å². The van der Waals surface area contributed by atoms with Crippen LogP contribution in [0.4, 0.5) is 16.3 Å². The molecule has 0 aliphatic heterocycles. The van der Waals surface area contributed by atoms with Gasteiger partial charge in [-0.15, -0.1) is 0 Å². The molecular formula is C20H17ClN4O3. The van der Waals surface area contributed by atoms with E-state index in [0.717, 1.165) is 5.56 Å². The van der Waals surface area contributed by atoms with Crippen LogP contribution >= 0.6 is 11.6 Å². The lowest BCUT2D eigenvalue weighted by Gasteiger charge is -2.11. The van der Waals surface area contributed by atoms with E-state index in [9.17, 15) is 9.59 Å². The Morgan fingerprint density at radius 1 is 1.04 bits per heavy atom. The fourth-order valence-electron chi connectivity index (χ4n) is 2.39. The molecule has 0 aliphatic rings. The van der Waals surface area contributed by atoms with Gasteiger partial charge in [-0.3, -0.25) is 10.1 Å². The average molecular weight is 397 g/mol. The van der Waals surface area contributed by atoms with Gasteiger partial charge in [-0.05, 0) is 23.8 Å². The van der Waals surface area contributed by atoms with Gasteiger partial charge in [-0.25, -0.2) is 9.78 Å². The normalized spacial score (nSPS) is 10.2. The number of carbonyl (C=O) groups is 2. The predicted molar refractivity (Wildman–Crippen MR) is 107 cm³/mol. The van der Waals surface area contributed by atoms with Crippen LogP contribution in [0.2, 0.25) is 5.02 Å². The molecule has 28 heavy (non-hydrogen) atoms. The van der Waals surface area contributed by atoms with Crippen LogP contribution in [-0.2, 0) is 11.2 Å². The van der Waals surface area contributed by atoms with E-state index in [0.29, 0.717) is 23.0 Å². The minimum atomic E-state index is -0.668. The highest BCUT2D eigenvalue weighted by Crippen LogP contribution is 2.30. The van der Waals surface area contributed by atoms with Gasteiger partial charge in [0.15, 0.2) is 0 Å². The van der Waals surface area contributed by atoms with Crippen molar-refractivity contribution >= 4 is 35.0 Å². The smallest absolute Gasteiger partial charge is 0.325 e. The number of halogens is 1. The van der Waals surface area contributed by atoms with Crippen molar-refractivity contribution in [2.75, 3.05) is 11.1 Å². The summed E-state index contributed by atoms with van der Waals surface area (Å²) in [5.41, 5.74) is 6.76. The van der Waals surface area contributed by atoms with E-state index in [2.05, 4.69) is 15.6 Å². The number of nitrogens with one attached hydrogen (secondary N) is 2. The lowest BCUT2D eigenvalue weighted by molar-refractivity contribution is -0.119. The maximum Gasteiger partial charge on any atom is 0.325 e. The predicted octanol–water partition coefficient (Wildman–Crippen LogP) is 4.00. The number of benzene rings is 2. The summed E-state index contributed by atoms with van der Waals surface area (Å²) in [4.78, 5) is 27.9. The number of anilines is 2. The molecule has 8 heteroatoms. The average Bonchev–Trinajstić information content (AvgIpc) is 2.64. The van der Waals surface area contributed by atoms with E-state index in [4.69, 9.17) is 22.1 Å². The topological polar surface area (TPSA) is 106 Å².